The lowest BCUT2D eigenvalue weighted by atomic mass is 10.1. The van der Waals surface area contributed by atoms with Crippen molar-refractivity contribution in [1.29, 1.82) is 0 Å². The third kappa shape index (κ3) is 7.56. The van der Waals surface area contributed by atoms with E-state index in [-0.39, 0.29) is 65.9 Å². The molecule has 0 spiro atoms. The summed E-state index contributed by atoms with van der Waals surface area (Å²) in [7, 11) is 0. The van der Waals surface area contributed by atoms with Crippen LogP contribution < -0.4 is 54.4 Å². The van der Waals surface area contributed by atoms with E-state index in [0.717, 1.165) is 42.8 Å². The third-order valence-corrected chi connectivity index (χ3v) is 7.36. The average molecular weight is 638 g/mol. The van der Waals surface area contributed by atoms with Crippen LogP contribution in [-0.2, 0) is 24.4 Å². The molecule has 1 aromatic carbocycles. The summed E-state index contributed by atoms with van der Waals surface area (Å²) in [4.78, 5) is 46.5. The molecule has 3 amide bonds. The summed E-state index contributed by atoms with van der Waals surface area (Å²) in [6, 6.07) is 3.61. The topological polar surface area (TPSA) is 195 Å². The van der Waals surface area contributed by atoms with Gasteiger partial charge in [-0.3, -0.25) is 14.4 Å². The molecule has 16 heteroatoms. The molecular formula is C27H38Cl2N10O4. The Labute approximate surface area is 260 Å². The molecule has 0 saturated carbocycles. The van der Waals surface area contributed by atoms with Gasteiger partial charge in [0.15, 0.2) is 40.1 Å². The minimum absolute atomic E-state index is 0. The van der Waals surface area contributed by atoms with Crippen molar-refractivity contribution >= 4 is 52.0 Å². The monoisotopic (exact) mass is 636 g/mol. The number of aryl methyl sites for hydroxylation is 2. The van der Waals surface area contributed by atoms with E-state index < -0.39 is 5.91 Å². The highest BCUT2D eigenvalue weighted by atomic mass is 35.5. The number of hydrogen-bond acceptors (Lipinski definition) is 9. The van der Waals surface area contributed by atoms with Gasteiger partial charge in [-0.2, -0.15) is 0 Å². The number of benzene rings is 1. The molecule has 1 aliphatic rings. The van der Waals surface area contributed by atoms with Crippen molar-refractivity contribution in [3.8, 4) is 5.75 Å². The fourth-order valence-corrected chi connectivity index (χ4v) is 5.22. The number of ether oxygens (including phenoxy) is 1. The number of nitrogen functional groups attached to an aromatic ring is 2. The lowest BCUT2D eigenvalue weighted by Gasteiger charge is -2.23. The zero-order chi connectivity index (χ0) is 30.4. The number of piperidine rings is 1. The van der Waals surface area contributed by atoms with Crippen molar-refractivity contribution < 1.29 is 36.1 Å². The van der Waals surface area contributed by atoms with Crippen LogP contribution in [0.25, 0.3) is 11.0 Å². The summed E-state index contributed by atoms with van der Waals surface area (Å²) in [6.45, 7) is 8.90. The highest BCUT2D eigenvalue weighted by Gasteiger charge is 2.28. The molecule has 43 heavy (non-hydrogen) atoms. The number of hydrogen-bond donors (Lipinski definition) is 6. The molecule has 1 fully saturated rings. The molecule has 14 nitrogen and oxygen atoms in total. The standard InChI is InChI=1S/C27H37ClN10O4.ClH/c1-4-32-26(40)16-11-17-18(12-19(16)42-14-20(39)34-15-7-9-31-10-8-15)38(6-3)21(37(17)5-2)13-33-27(41)22-24(29)36-25(30)23(28)35-22;/h11-12,15,31H,4-10,13-14H2,1-3H3,(H6-,29,30,32,33,34,36,39,40,41);1H. The molecule has 0 bridgehead atoms. The van der Waals surface area contributed by atoms with Gasteiger partial charge in [0.25, 0.3) is 23.5 Å². The van der Waals surface area contributed by atoms with Crippen molar-refractivity contribution in [2.24, 2.45) is 0 Å². The van der Waals surface area contributed by atoms with E-state index in [1.165, 1.54) is 0 Å². The van der Waals surface area contributed by atoms with Crippen LogP contribution in [0.2, 0.25) is 5.15 Å². The summed E-state index contributed by atoms with van der Waals surface area (Å²) in [5, 5.41) is 11.8. The van der Waals surface area contributed by atoms with Crippen LogP contribution >= 0.6 is 11.6 Å². The Morgan fingerprint density at radius 2 is 1.81 bits per heavy atom. The minimum atomic E-state index is -0.566. The zero-order valence-electron chi connectivity index (χ0n) is 24.4. The van der Waals surface area contributed by atoms with Gasteiger partial charge in [-0.25, -0.2) is 19.1 Å². The Balaban J connectivity index is 0.00000506. The van der Waals surface area contributed by atoms with Gasteiger partial charge in [0.1, 0.15) is 12.3 Å². The number of nitrogens with one attached hydrogen (secondary N) is 4. The number of halogens is 2. The van der Waals surface area contributed by atoms with Gasteiger partial charge in [0.2, 0.25) is 0 Å². The Morgan fingerprint density at radius 3 is 2.47 bits per heavy atom. The normalized spacial score (nSPS) is 13.3. The summed E-state index contributed by atoms with van der Waals surface area (Å²) in [5.74, 6) is -0.268. The molecule has 2 aromatic heterocycles. The average Bonchev–Trinajstić information content (AvgIpc) is 3.28. The van der Waals surface area contributed by atoms with E-state index in [0.29, 0.717) is 30.9 Å². The van der Waals surface area contributed by atoms with Crippen molar-refractivity contribution in [2.45, 2.75) is 59.3 Å². The highest BCUT2D eigenvalue weighted by molar-refractivity contribution is 6.31. The van der Waals surface area contributed by atoms with E-state index in [2.05, 4.69) is 31.2 Å². The second-order valence-electron chi connectivity index (χ2n) is 9.80. The minimum Gasteiger partial charge on any atom is -1.00 e. The number of nitrogens with zero attached hydrogens (tertiary/aromatic N) is 4. The van der Waals surface area contributed by atoms with E-state index in [1.807, 2.05) is 29.9 Å². The SMILES string of the molecule is CCNC(=O)c1cc2c(cc1OCC(=O)NC1CCNCC1)[n+](CC)c(CNC(=O)c1nc(Cl)c(N)nc1N)n2CC.[Cl-]. The number of aromatic nitrogens is 4. The van der Waals surface area contributed by atoms with Crippen LogP contribution in [0.5, 0.6) is 5.75 Å². The number of amides is 3. The predicted octanol–water partition coefficient (Wildman–Crippen LogP) is -2.49. The van der Waals surface area contributed by atoms with Crippen LogP contribution in [0, 0.1) is 0 Å². The number of anilines is 2. The van der Waals surface area contributed by atoms with Crippen molar-refractivity contribution in [3.63, 3.8) is 0 Å². The summed E-state index contributed by atoms with van der Waals surface area (Å²) < 4.78 is 9.96. The van der Waals surface area contributed by atoms with Crippen molar-refractivity contribution in [2.75, 3.05) is 37.7 Å². The van der Waals surface area contributed by atoms with Crippen LogP contribution in [0.3, 0.4) is 0 Å². The maximum atomic E-state index is 13.1. The first kappa shape index (κ1) is 33.6. The van der Waals surface area contributed by atoms with Gasteiger partial charge < -0.3 is 49.9 Å². The molecule has 8 N–H and O–H groups in total. The first-order chi connectivity index (χ1) is 20.2. The number of nitrogens with two attached hydrogens (primary N) is 2. The highest BCUT2D eigenvalue weighted by Crippen LogP contribution is 2.27. The summed E-state index contributed by atoms with van der Waals surface area (Å²) in [6.07, 6.45) is 1.71. The molecule has 1 saturated heterocycles. The van der Waals surface area contributed by atoms with Gasteiger partial charge in [0.05, 0.1) is 18.7 Å². The second kappa shape index (κ2) is 15.0. The van der Waals surface area contributed by atoms with Gasteiger partial charge in [-0.15, -0.1) is 0 Å². The smallest absolute Gasteiger partial charge is 0.277 e. The molecule has 3 aromatic rings. The van der Waals surface area contributed by atoms with Crippen LogP contribution in [0.1, 0.15) is 60.3 Å². The van der Waals surface area contributed by atoms with Crippen LogP contribution in [-0.4, -0.2) is 64.5 Å². The lowest BCUT2D eigenvalue weighted by Crippen LogP contribution is -3.00. The number of rotatable bonds is 11. The molecule has 0 aliphatic carbocycles. The quantitative estimate of drug-likeness (QED) is 0.123. The maximum Gasteiger partial charge on any atom is 0.277 e. The van der Waals surface area contributed by atoms with E-state index in [1.54, 1.807) is 12.1 Å². The Bertz CT molecular complexity index is 1490. The summed E-state index contributed by atoms with van der Waals surface area (Å²) >= 11 is 5.95. The second-order valence-corrected chi connectivity index (χ2v) is 10.2. The van der Waals surface area contributed by atoms with E-state index >= 15 is 0 Å². The van der Waals surface area contributed by atoms with Crippen molar-refractivity contribution in [3.05, 3.63) is 34.4 Å². The van der Waals surface area contributed by atoms with Crippen LogP contribution in [0.4, 0.5) is 11.6 Å². The summed E-state index contributed by atoms with van der Waals surface area (Å²) in [5.41, 5.74) is 13.2. The molecular weight excluding hydrogens is 599 g/mol. The van der Waals surface area contributed by atoms with Gasteiger partial charge in [0, 0.05) is 24.7 Å². The Morgan fingerprint density at radius 1 is 1.09 bits per heavy atom. The number of carbonyl (C=O) groups is 3. The molecule has 0 unspecified atom stereocenters. The first-order valence-electron chi connectivity index (χ1n) is 14.0. The predicted molar refractivity (Wildman–Crippen MR) is 158 cm³/mol. The molecule has 1 aliphatic heterocycles. The Hall–Kier alpha value is -3.88. The van der Waals surface area contributed by atoms with Gasteiger partial charge in [-0.1, -0.05) is 11.6 Å². The molecule has 0 radical (unpaired) electrons. The maximum absolute atomic E-state index is 13.1. The number of fused-ring (bicyclic) bond motifs is 1. The van der Waals surface area contributed by atoms with Crippen LogP contribution in [0.15, 0.2) is 12.1 Å². The fourth-order valence-electron chi connectivity index (χ4n) is 5.09. The number of imidazole rings is 1. The van der Waals surface area contributed by atoms with E-state index in [9.17, 15) is 14.4 Å². The Kier molecular flexibility index (Phi) is 11.7. The fraction of sp³-hybridized carbons (Fsp3) is 0.481. The molecule has 0 atom stereocenters. The van der Waals surface area contributed by atoms with Crippen molar-refractivity contribution in [1.82, 2.24) is 35.8 Å². The molecule has 4 rings (SSSR count). The van der Waals surface area contributed by atoms with Gasteiger partial charge >= 0.3 is 0 Å². The van der Waals surface area contributed by atoms with Gasteiger partial charge in [-0.05, 0) is 46.7 Å². The lowest BCUT2D eigenvalue weighted by molar-refractivity contribution is -0.676. The molecule has 234 valence electrons. The number of carbonyl (C=O) groups excluding carboxylic acids is 3. The molecule has 3 heterocycles. The first-order valence-corrected chi connectivity index (χ1v) is 14.4. The zero-order valence-corrected chi connectivity index (χ0v) is 25.9. The van der Waals surface area contributed by atoms with E-state index in [4.69, 9.17) is 27.8 Å². The third-order valence-electron chi connectivity index (χ3n) is 7.09. The largest absolute Gasteiger partial charge is 1.00 e.